The summed E-state index contributed by atoms with van der Waals surface area (Å²) >= 11 is 0. The maximum absolute atomic E-state index is 13.0. The highest BCUT2D eigenvalue weighted by Crippen LogP contribution is 2.17. The SMILES string of the molecule is CC(C)Cn1c(=O)c2cc(C(=O)N3CCOCC3)nn2c2ccccc21. The lowest BCUT2D eigenvalue weighted by Crippen LogP contribution is -2.40. The number of para-hydroxylation sites is 2. The van der Waals surface area contributed by atoms with Crippen LogP contribution in [0, 0.1) is 5.92 Å². The van der Waals surface area contributed by atoms with E-state index in [2.05, 4.69) is 18.9 Å². The Morgan fingerprint density at radius 2 is 1.85 bits per heavy atom. The first-order valence-corrected chi connectivity index (χ1v) is 8.94. The Kier molecular flexibility index (Phi) is 4.24. The van der Waals surface area contributed by atoms with Crippen LogP contribution >= 0.6 is 0 Å². The van der Waals surface area contributed by atoms with Crippen LogP contribution < -0.4 is 5.56 Å². The van der Waals surface area contributed by atoms with Gasteiger partial charge in [0.2, 0.25) is 0 Å². The van der Waals surface area contributed by atoms with E-state index < -0.39 is 0 Å². The number of hydrogen-bond acceptors (Lipinski definition) is 4. The molecule has 1 fully saturated rings. The molecule has 7 heteroatoms. The summed E-state index contributed by atoms with van der Waals surface area (Å²) < 4.78 is 8.68. The first kappa shape index (κ1) is 16.8. The summed E-state index contributed by atoms with van der Waals surface area (Å²) in [5.74, 6) is 0.173. The molecule has 1 aromatic carbocycles. The van der Waals surface area contributed by atoms with Gasteiger partial charge in [-0.1, -0.05) is 26.0 Å². The second kappa shape index (κ2) is 6.57. The van der Waals surface area contributed by atoms with Gasteiger partial charge < -0.3 is 14.2 Å². The number of amides is 1. The van der Waals surface area contributed by atoms with Crippen molar-refractivity contribution < 1.29 is 9.53 Å². The number of carbonyl (C=O) groups excluding carboxylic acids is 1. The van der Waals surface area contributed by atoms with E-state index in [9.17, 15) is 9.59 Å². The van der Waals surface area contributed by atoms with Gasteiger partial charge in [-0.05, 0) is 18.1 Å². The van der Waals surface area contributed by atoms with Gasteiger partial charge in [0.15, 0.2) is 5.69 Å². The number of aromatic nitrogens is 3. The molecule has 0 radical (unpaired) electrons. The van der Waals surface area contributed by atoms with E-state index in [0.717, 1.165) is 11.0 Å². The smallest absolute Gasteiger partial charge is 0.277 e. The predicted molar refractivity (Wildman–Crippen MR) is 98.5 cm³/mol. The van der Waals surface area contributed by atoms with Crippen molar-refractivity contribution in [2.24, 2.45) is 5.92 Å². The van der Waals surface area contributed by atoms with Crippen LogP contribution in [-0.2, 0) is 11.3 Å². The molecule has 0 saturated carbocycles. The maximum atomic E-state index is 13.0. The summed E-state index contributed by atoms with van der Waals surface area (Å²) in [6.45, 7) is 6.93. The fourth-order valence-electron chi connectivity index (χ4n) is 3.42. The molecule has 0 aliphatic carbocycles. The fourth-order valence-corrected chi connectivity index (χ4v) is 3.42. The van der Waals surface area contributed by atoms with E-state index in [-0.39, 0.29) is 11.5 Å². The third-order valence-corrected chi connectivity index (χ3v) is 4.64. The van der Waals surface area contributed by atoms with Crippen LogP contribution in [0.1, 0.15) is 24.3 Å². The van der Waals surface area contributed by atoms with E-state index in [1.165, 1.54) is 0 Å². The molecule has 1 saturated heterocycles. The van der Waals surface area contributed by atoms with Crippen molar-refractivity contribution >= 4 is 22.5 Å². The zero-order chi connectivity index (χ0) is 18.3. The second-order valence-electron chi connectivity index (χ2n) is 7.03. The molecule has 26 heavy (non-hydrogen) atoms. The van der Waals surface area contributed by atoms with E-state index in [1.807, 2.05) is 24.3 Å². The van der Waals surface area contributed by atoms with Crippen LogP contribution in [0.15, 0.2) is 35.1 Å². The van der Waals surface area contributed by atoms with Gasteiger partial charge in [-0.25, -0.2) is 4.52 Å². The molecule has 0 unspecified atom stereocenters. The minimum atomic E-state index is -0.157. The van der Waals surface area contributed by atoms with Crippen LogP contribution in [0.4, 0.5) is 0 Å². The number of carbonyl (C=O) groups is 1. The van der Waals surface area contributed by atoms with Crippen molar-refractivity contribution in [2.75, 3.05) is 26.3 Å². The van der Waals surface area contributed by atoms with E-state index in [4.69, 9.17) is 4.74 Å². The highest BCUT2D eigenvalue weighted by atomic mass is 16.5. The number of rotatable bonds is 3. The molecule has 0 N–H and O–H groups in total. The fraction of sp³-hybridized carbons (Fsp3) is 0.421. The second-order valence-corrected chi connectivity index (χ2v) is 7.03. The molecule has 7 nitrogen and oxygen atoms in total. The van der Waals surface area contributed by atoms with Gasteiger partial charge in [0.1, 0.15) is 5.52 Å². The molecule has 4 rings (SSSR count). The third kappa shape index (κ3) is 2.78. The molecule has 136 valence electrons. The Labute approximate surface area is 150 Å². The van der Waals surface area contributed by atoms with Crippen LogP contribution in [0.25, 0.3) is 16.6 Å². The number of benzene rings is 1. The van der Waals surface area contributed by atoms with Crippen molar-refractivity contribution in [3.05, 3.63) is 46.4 Å². The zero-order valence-electron chi connectivity index (χ0n) is 15.0. The maximum Gasteiger partial charge on any atom is 0.277 e. The number of hydrogen-bond donors (Lipinski definition) is 0. The lowest BCUT2D eigenvalue weighted by Gasteiger charge is -2.25. The summed E-state index contributed by atoms with van der Waals surface area (Å²) in [4.78, 5) is 27.5. The van der Waals surface area contributed by atoms with Gasteiger partial charge in [0, 0.05) is 25.7 Å². The van der Waals surface area contributed by atoms with Crippen molar-refractivity contribution in [3.63, 3.8) is 0 Å². The quantitative estimate of drug-likeness (QED) is 0.719. The molecule has 2 aromatic heterocycles. The van der Waals surface area contributed by atoms with Gasteiger partial charge in [0.25, 0.3) is 11.5 Å². The van der Waals surface area contributed by atoms with Gasteiger partial charge in [-0.2, -0.15) is 5.10 Å². The molecule has 0 spiro atoms. The van der Waals surface area contributed by atoms with Gasteiger partial charge >= 0.3 is 0 Å². The third-order valence-electron chi connectivity index (χ3n) is 4.64. The molecular formula is C19H22N4O3. The highest BCUT2D eigenvalue weighted by Gasteiger charge is 2.23. The Morgan fingerprint density at radius 1 is 1.15 bits per heavy atom. The van der Waals surface area contributed by atoms with Crippen LogP contribution in [-0.4, -0.2) is 51.3 Å². The first-order valence-electron chi connectivity index (χ1n) is 8.94. The molecule has 0 atom stereocenters. The number of morpholine rings is 1. The number of ether oxygens (including phenoxy) is 1. The minimum Gasteiger partial charge on any atom is -0.378 e. The lowest BCUT2D eigenvalue weighted by atomic mass is 10.2. The highest BCUT2D eigenvalue weighted by molar-refractivity contribution is 5.94. The summed E-state index contributed by atoms with van der Waals surface area (Å²) in [5.41, 5.74) is 2.26. The Bertz CT molecular complexity index is 1030. The molecule has 0 bridgehead atoms. The standard InChI is InChI=1S/C19H22N4O3/c1-13(2)12-22-15-5-3-4-6-16(15)23-17(19(22)25)11-14(20-23)18(24)21-7-9-26-10-8-21/h3-6,11,13H,7-10,12H2,1-2H3. The van der Waals surface area contributed by atoms with Crippen LogP contribution in [0.2, 0.25) is 0 Å². The average Bonchev–Trinajstić information content (AvgIpc) is 3.11. The van der Waals surface area contributed by atoms with Crippen molar-refractivity contribution in [1.82, 2.24) is 19.1 Å². The van der Waals surface area contributed by atoms with Crippen LogP contribution in [0.3, 0.4) is 0 Å². The van der Waals surface area contributed by atoms with Crippen molar-refractivity contribution in [3.8, 4) is 0 Å². The largest absolute Gasteiger partial charge is 0.378 e. The molecule has 3 heterocycles. The summed E-state index contributed by atoms with van der Waals surface area (Å²) in [6, 6.07) is 9.28. The Balaban J connectivity index is 1.90. The van der Waals surface area contributed by atoms with E-state index in [1.54, 1.807) is 20.0 Å². The molecule has 1 amide bonds. The lowest BCUT2D eigenvalue weighted by molar-refractivity contribution is 0.0299. The molecule has 1 aliphatic heterocycles. The Morgan fingerprint density at radius 3 is 2.54 bits per heavy atom. The normalized spacial score (nSPS) is 15.3. The van der Waals surface area contributed by atoms with Gasteiger partial charge in [-0.3, -0.25) is 9.59 Å². The molecule has 1 aliphatic rings. The zero-order valence-corrected chi connectivity index (χ0v) is 15.0. The number of nitrogens with zero attached hydrogens (tertiary/aromatic N) is 4. The first-order chi connectivity index (χ1) is 12.6. The van der Waals surface area contributed by atoms with Crippen LogP contribution in [0.5, 0.6) is 0 Å². The average molecular weight is 354 g/mol. The van der Waals surface area contributed by atoms with Gasteiger partial charge in [0.05, 0.1) is 24.2 Å². The van der Waals surface area contributed by atoms with Crippen molar-refractivity contribution in [2.45, 2.75) is 20.4 Å². The monoisotopic (exact) mass is 354 g/mol. The summed E-state index contributed by atoms with van der Waals surface area (Å²) in [6.07, 6.45) is 0. The molecular weight excluding hydrogens is 332 g/mol. The Hall–Kier alpha value is -2.67. The van der Waals surface area contributed by atoms with Gasteiger partial charge in [-0.15, -0.1) is 0 Å². The number of fused-ring (bicyclic) bond motifs is 3. The van der Waals surface area contributed by atoms with E-state index >= 15 is 0 Å². The minimum absolute atomic E-state index is 0.120. The summed E-state index contributed by atoms with van der Waals surface area (Å²) in [7, 11) is 0. The van der Waals surface area contributed by atoms with Crippen molar-refractivity contribution in [1.29, 1.82) is 0 Å². The molecule has 3 aromatic rings. The van der Waals surface area contributed by atoms with E-state index in [0.29, 0.717) is 50.0 Å². The topological polar surface area (TPSA) is 68.8 Å². The summed E-state index contributed by atoms with van der Waals surface area (Å²) in [5, 5.41) is 4.47. The predicted octanol–water partition coefficient (Wildman–Crippen LogP) is 1.78.